The molecule has 5 nitrogen and oxygen atoms in total. The quantitative estimate of drug-likeness (QED) is 0.700. The first-order chi connectivity index (χ1) is 7.69. The highest BCUT2D eigenvalue weighted by Gasteiger charge is 2.19. The molecule has 0 aliphatic carbocycles. The number of anilines is 1. The number of ether oxygens (including phenoxy) is 1. The normalized spacial score (nSPS) is 20.6. The second-order valence-electron chi connectivity index (χ2n) is 3.93. The third-order valence-corrected chi connectivity index (χ3v) is 2.48. The van der Waals surface area contributed by atoms with E-state index in [1.165, 1.54) is 0 Å². The molecule has 0 radical (unpaired) electrons. The van der Waals surface area contributed by atoms with E-state index in [9.17, 15) is 0 Å². The van der Waals surface area contributed by atoms with E-state index in [4.69, 9.17) is 10.00 Å². The van der Waals surface area contributed by atoms with E-state index in [0.717, 1.165) is 18.8 Å². The van der Waals surface area contributed by atoms with Crippen LogP contribution in [0.5, 0.6) is 0 Å². The molecule has 1 fully saturated rings. The Balaban J connectivity index is 2.26. The van der Waals surface area contributed by atoms with Crippen LogP contribution in [-0.2, 0) is 4.74 Å². The molecule has 0 aromatic carbocycles. The van der Waals surface area contributed by atoms with Gasteiger partial charge in [-0.15, -0.1) is 0 Å². The molecule has 2 heterocycles. The molecule has 1 aliphatic heterocycles. The summed E-state index contributed by atoms with van der Waals surface area (Å²) in [5.41, 5.74) is 1.24. The lowest BCUT2D eigenvalue weighted by Crippen LogP contribution is -2.42. The summed E-state index contributed by atoms with van der Waals surface area (Å²) >= 11 is 0. The maximum atomic E-state index is 8.85. The largest absolute Gasteiger partial charge is 0.375 e. The van der Waals surface area contributed by atoms with Crippen LogP contribution in [-0.4, -0.2) is 35.8 Å². The Morgan fingerprint density at radius 1 is 1.56 bits per heavy atom. The topological polar surface area (TPSA) is 62.0 Å². The lowest BCUT2D eigenvalue weighted by Gasteiger charge is -2.31. The van der Waals surface area contributed by atoms with Gasteiger partial charge in [0.25, 0.3) is 0 Å². The monoisotopic (exact) mass is 218 g/mol. The van der Waals surface area contributed by atoms with Gasteiger partial charge in [0.15, 0.2) is 0 Å². The minimum absolute atomic E-state index is 0.184. The SMILES string of the molecule is Cc1cc(C#N)nc(N2CCOC(C)C2)n1. The standard InChI is InChI=1S/C11H14N4O/c1-8-5-10(6-12)14-11(13-8)15-3-4-16-9(2)7-15/h5,9H,3-4,7H2,1-2H3. The van der Waals surface area contributed by atoms with Crippen molar-refractivity contribution < 1.29 is 4.74 Å². The van der Waals surface area contributed by atoms with Crippen molar-refractivity contribution in [2.75, 3.05) is 24.6 Å². The van der Waals surface area contributed by atoms with Crippen molar-refractivity contribution in [2.45, 2.75) is 20.0 Å². The predicted molar refractivity (Wildman–Crippen MR) is 59.1 cm³/mol. The average molecular weight is 218 g/mol. The number of hydrogen-bond acceptors (Lipinski definition) is 5. The summed E-state index contributed by atoms with van der Waals surface area (Å²) in [4.78, 5) is 10.6. The zero-order valence-corrected chi connectivity index (χ0v) is 9.47. The second-order valence-corrected chi connectivity index (χ2v) is 3.93. The van der Waals surface area contributed by atoms with E-state index in [1.807, 2.05) is 19.9 Å². The smallest absolute Gasteiger partial charge is 0.226 e. The van der Waals surface area contributed by atoms with Crippen LogP contribution in [0.2, 0.25) is 0 Å². The molecule has 84 valence electrons. The Bertz CT molecular complexity index is 426. The predicted octanol–water partition coefficient (Wildman–Crippen LogP) is 0.882. The number of nitrogens with zero attached hydrogens (tertiary/aromatic N) is 4. The molecule has 1 saturated heterocycles. The van der Waals surface area contributed by atoms with E-state index < -0.39 is 0 Å². The minimum atomic E-state index is 0.184. The van der Waals surface area contributed by atoms with Gasteiger partial charge in [-0.1, -0.05) is 0 Å². The Morgan fingerprint density at radius 2 is 2.38 bits per heavy atom. The van der Waals surface area contributed by atoms with Gasteiger partial charge < -0.3 is 9.64 Å². The summed E-state index contributed by atoms with van der Waals surface area (Å²) in [6.45, 7) is 6.12. The third-order valence-electron chi connectivity index (χ3n) is 2.48. The third kappa shape index (κ3) is 2.28. The zero-order chi connectivity index (χ0) is 11.5. The van der Waals surface area contributed by atoms with Crippen LogP contribution < -0.4 is 4.90 Å². The molecule has 0 N–H and O–H groups in total. The van der Waals surface area contributed by atoms with E-state index in [-0.39, 0.29) is 6.10 Å². The fourth-order valence-electron chi connectivity index (χ4n) is 1.75. The lowest BCUT2D eigenvalue weighted by molar-refractivity contribution is 0.0526. The first kappa shape index (κ1) is 10.8. The maximum Gasteiger partial charge on any atom is 0.226 e. The van der Waals surface area contributed by atoms with Gasteiger partial charge in [0.2, 0.25) is 5.95 Å². The molecule has 0 amide bonds. The van der Waals surface area contributed by atoms with Crippen molar-refractivity contribution in [3.05, 3.63) is 17.5 Å². The Morgan fingerprint density at radius 3 is 3.06 bits per heavy atom. The highest BCUT2D eigenvalue weighted by molar-refractivity contribution is 5.36. The van der Waals surface area contributed by atoms with Crippen LogP contribution in [0.15, 0.2) is 6.07 Å². The number of aryl methyl sites for hydroxylation is 1. The highest BCUT2D eigenvalue weighted by atomic mass is 16.5. The average Bonchev–Trinajstić information content (AvgIpc) is 2.28. The van der Waals surface area contributed by atoms with E-state index >= 15 is 0 Å². The van der Waals surface area contributed by atoms with Crippen molar-refractivity contribution in [1.82, 2.24) is 9.97 Å². The number of aromatic nitrogens is 2. The van der Waals surface area contributed by atoms with Gasteiger partial charge >= 0.3 is 0 Å². The summed E-state index contributed by atoms with van der Waals surface area (Å²) in [5.74, 6) is 0.631. The molecular weight excluding hydrogens is 204 g/mol. The second kappa shape index (κ2) is 4.45. The summed E-state index contributed by atoms with van der Waals surface area (Å²) in [6.07, 6.45) is 0.184. The van der Waals surface area contributed by atoms with Gasteiger partial charge in [-0.2, -0.15) is 5.26 Å². The van der Waals surface area contributed by atoms with Crippen molar-refractivity contribution >= 4 is 5.95 Å². The van der Waals surface area contributed by atoms with Crippen LogP contribution in [0.1, 0.15) is 18.3 Å². The summed E-state index contributed by atoms with van der Waals surface area (Å²) < 4.78 is 5.45. The molecule has 1 atom stereocenters. The molecule has 1 aromatic heterocycles. The summed E-state index contributed by atoms with van der Waals surface area (Å²) in [7, 11) is 0. The molecule has 0 saturated carbocycles. The molecule has 2 rings (SSSR count). The first-order valence-electron chi connectivity index (χ1n) is 5.31. The Labute approximate surface area is 94.7 Å². The molecule has 16 heavy (non-hydrogen) atoms. The molecule has 0 bridgehead atoms. The van der Waals surface area contributed by atoms with E-state index in [0.29, 0.717) is 18.2 Å². The fraction of sp³-hybridized carbons (Fsp3) is 0.545. The van der Waals surface area contributed by atoms with Gasteiger partial charge in [-0.25, -0.2) is 9.97 Å². The Kier molecular flexibility index (Phi) is 3.02. The van der Waals surface area contributed by atoms with Crippen molar-refractivity contribution in [3.63, 3.8) is 0 Å². The van der Waals surface area contributed by atoms with Gasteiger partial charge in [0.1, 0.15) is 11.8 Å². The van der Waals surface area contributed by atoms with E-state index in [2.05, 4.69) is 14.9 Å². The van der Waals surface area contributed by atoms with Crippen LogP contribution in [0, 0.1) is 18.3 Å². The molecular formula is C11H14N4O. The van der Waals surface area contributed by atoms with Crippen molar-refractivity contribution in [2.24, 2.45) is 0 Å². The maximum absolute atomic E-state index is 8.85. The van der Waals surface area contributed by atoms with Crippen LogP contribution in [0.3, 0.4) is 0 Å². The van der Waals surface area contributed by atoms with Gasteiger partial charge in [0, 0.05) is 18.8 Å². The van der Waals surface area contributed by atoms with Crippen molar-refractivity contribution in [3.8, 4) is 6.07 Å². The highest BCUT2D eigenvalue weighted by Crippen LogP contribution is 2.14. The van der Waals surface area contributed by atoms with Crippen LogP contribution >= 0.6 is 0 Å². The Hall–Kier alpha value is -1.67. The van der Waals surface area contributed by atoms with Crippen molar-refractivity contribution in [1.29, 1.82) is 5.26 Å². The van der Waals surface area contributed by atoms with Gasteiger partial charge in [0.05, 0.1) is 12.7 Å². The number of nitriles is 1. The molecule has 5 heteroatoms. The zero-order valence-electron chi connectivity index (χ0n) is 9.47. The number of morpholine rings is 1. The number of hydrogen-bond donors (Lipinski definition) is 0. The summed E-state index contributed by atoms with van der Waals surface area (Å²) in [5, 5.41) is 8.85. The fourth-order valence-corrected chi connectivity index (χ4v) is 1.75. The lowest BCUT2D eigenvalue weighted by atomic mass is 10.3. The molecule has 1 aliphatic rings. The molecule has 0 spiro atoms. The molecule has 1 aromatic rings. The summed E-state index contributed by atoms with van der Waals surface area (Å²) in [6, 6.07) is 3.74. The van der Waals surface area contributed by atoms with Gasteiger partial charge in [-0.05, 0) is 19.9 Å². The van der Waals surface area contributed by atoms with E-state index in [1.54, 1.807) is 6.07 Å². The van der Waals surface area contributed by atoms with Crippen LogP contribution in [0.25, 0.3) is 0 Å². The molecule has 1 unspecified atom stereocenters. The number of rotatable bonds is 1. The first-order valence-corrected chi connectivity index (χ1v) is 5.31. The van der Waals surface area contributed by atoms with Gasteiger partial charge in [-0.3, -0.25) is 0 Å². The van der Waals surface area contributed by atoms with Crippen LogP contribution in [0.4, 0.5) is 5.95 Å². The minimum Gasteiger partial charge on any atom is -0.375 e.